The highest BCUT2D eigenvalue weighted by molar-refractivity contribution is 7.18. The number of benzene rings is 1. The van der Waals surface area contributed by atoms with E-state index in [0.717, 1.165) is 52.7 Å². The van der Waals surface area contributed by atoms with E-state index in [2.05, 4.69) is 45.1 Å². The van der Waals surface area contributed by atoms with Gasteiger partial charge in [0, 0.05) is 43.6 Å². The molecule has 2 aromatic rings. The van der Waals surface area contributed by atoms with E-state index in [0.29, 0.717) is 6.04 Å². The third-order valence-corrected chi connectivity index (χ3v) is 7.76. The number of thiazole rings is 1. The Balaban J connectivity index is 1.29. The van der Waals surface area contributed by atoms with Gasteiger partial charge in [-0.2, -0.15) is 0 Å². The molecule has 6 rings (SSSR count). The molecule has 162 valence electrons. The summed E-state index contributed by atoms with van der Waals surface area (Å²) in [6.07, 6.45) is 16.6. The monoisotopic (exact) mass is 442 g/mol. The zero-order valence-electron chi connectivity index (χ0n) is 18.2. The molecule has 0 unspecified atom stereocenters. The summed E-state index contributed by atoms with van der Waals surface area (Å²) in [6.45, 7) is 6.43. The number of hydrogen-bond acceptors (Lipinski definition) is 5. The average Bonchev–Trinajstić information content (AvgIpc) is 3.41. The summed E-state index contributed by atoms with van der Waals surface area (Å²) < 4.78 is 1.17. The lowest BCUT2D eigenvalue weighted by Gasteiger charge is -2.40. The Labute approximate surface area is 192 Å². The average molecular weight is 443 g/mol. The molecule has 2 saturated heterocycles. The quantitative estimate of drug-likeness (QED) is 0.688. The van der Waals surface area contributed by atoms with Gasteiger partial charge in [-0.1, -0.05) is 18.2 Å². The third-order valence-electron chi connectivity index (χ3n) is 6.80. The lowest BCUT2D eigenvalue weighted by Crippen LogP contribution is -2.49. The lowest BCUT2D eigenvalue weighted by atomic mass is 10.0. The molecule has 5 heterocycles. The van der Waals surface area contributed by atoms with Crippen LogP contribution in [-0.4, -0.2) is 57.8 Å². The highest BCUT2D eigenvalue weighted by Gasteiger charge is 2.32. The molecule has 1 aromatic carbocycles. The molecule has 1 aromatic heterocycles. The summed E-state index contributed by atoms with van der Waals surface area (Å²) >= 11 is 1.69. The first-order valence-corrected chi connectivity index (χ1v) is 12.2. The van der Waals surface area contributed by atoms with Crippen LogP contribution in [0.1, 0.15) is 23.4 Å². The molecule has 0 saturated carbocycles. The maximum Gasteiger partial charge on any atom is 0.255 e. The molecule has 0 radical (unpaired) electrons. The van der Waals surface area contributed by atoms with E-state index in [4.69, 9.17) is 0 Å². The van der Waals surface area contributed by atoms with Gasteiger partial charge < -0.3 is 4.90 Å². The zero-order chi connectivity index (χ0) is 21.7. The predicted octanol–water partition coefficient (Wildman–Crippen LogP) is 4.46. The highest BCUT2D eigenvalue weighted by atomic mass is 32.1. The zero-order valence-corrected chi connectivity index (χ0v) is 19.0. The maximum absolute atomic E-state index is 13.3. The minimum Gasteiger partial charge on any atom is -0.367 e. The normalized spacial score (nSPS) is 27.7. The van der Waals surface area contributed by atoms with Gasteiger partial charge in [0.1, 0.15) is 0 Å². The van der Waals surface area contributed by atoms with Crippen LogP contribution in [0.25, 0.3) is 15.8 Å². The number of nitrogens with zero attached hydrogens (tertiary/aromatic N) is 4. The number of aromatic nitrogens is 1. The predicted molar refractivity (Wildman–Crippen MR) is 130 cm³/mol. The number of rotatable bonds is 2. The molecule has 4 aliphatic heterocycles. The Morgan fingerprint density at radius 3 is 2.94 bits per heavy atom. The van der Waals surface area contributed by atoms with Crippen molar-refractivity contribution >= 4 is 33.0 Å². The van der Waals surface area contributed by atoms with E-state index in [9.17, 15) is 4.79 Å². The van der Waals surface area contributed by atoms with Gasteiger partial charge in [0.25, 0.3) is 5.91 Å². The smallest absolute Gasteiger partial charge is 0.255 e. The van der Waals surface area contributed by atoms with Gasteiger partial charge in [-0.05, 0) is 67.8 Å². The van der Waals surface area contributed by atoms with Crippen LogP contribution < -0.4 is 0 Å². The Morgan fingerprint density at radius 1 is 1.09 bits per heavy atom. The molecule has 32 heavy (non-hydrogen) atoms. The van der Waals surface area contributed by atoms with Crippen molar-refractivity contribution in [1.29, 1.82) is 0 Å². The minimum absolute atomic E-state index is 0.0218. The molecule has 1 amide bonds. The largest absolute Gasteiger partial charge is 0.367 e. The van der Waals surface area contributed by atoms with Gasteiger partial charge in [-0.25, -0.2) is 4.98 Å². The van der Waals surface area contributed by atoms with Crippen molar-refractivity contribution in [3.8, 4) is 0 Å². The number of carbonyl (C=O) groups excluding carboxylic acids is 1. The molecule has 4 aliphatic rings. The Bertz CT molecular complexity index is 1250. The number of carbonyl (C=O) groups is 1. The lowest BCUT2D eigenvalue weighted by molar-refractivity contribution is -0.122. The second-order valence-corrected chi connectivity index (χ2v) is 10.1. The topological polar surface area (TPSA) is 39.7 Å². The van der Waals surface area contributed by atoms with E-state index in [-0.39, 0.29) is 5.91 Å². The molecule has 1 atom stereocenters. The fourth-order valence-corrected chi connectivity index (χ4v) is 5.95. The van der Waals surface area contributed by atoms with Gasteiger partial charge in [0.05, 0.1) is 20.9 Å². The fraction of sp³-hybridized carbons (Fsp3) is 0.308. The molecule has 0 spiro atoms. The number of fused-ring (bicyclic) bond motifs is 3. The van der Waals surface area contributed by atoms with E-state index < -0.39 is 0 Å². The minimum atomic E-state index is -0.0218. The van der Waals surface area contributed by atoms with E-state index in [1.165, 1.54) is 24.1 Å². The van der Waals surface area contributed by atoms with Crippen molar-refractivity contribution in [3.05, 3.63) is 82.8 Å². The molecule has 5 nitrogen and oxygen atoms in total. The third kappa shape index (κ3) is 3.53. The number of hydrogen-bond donors (Lipinski definition) is 0. The summed E-state index contributed by atoms with van der Waals surface area (Å²) in [7, 11) is 0. The Morgan fingerprint density at radius 2 is 2.00 bits per heavy atom. The van der Waals surface area contributed by atoms with Crippen LogP contribution >= 0.6 is 11.3 Å². The molecule has 0 bridgehead atoms. The second kappa shape index (κ2) is 7.87. The van der Waals surface area contributed by atoms with Crippen LogP contribution in [0.3, 0.4) is 0 Å². The molecular weight excluding hydrogens is 416 g/mol. The fourth-order valence-electron chi connectivity index (χ4n) is 5.14. The summed E-state index contributed by atoms with van der Waals surface area (Å²) in [5.74, 6) is -0.0218. The van der Waals surface area contributed by atoms with Gasteiger partial charge in [0.2, 0.25) is 0 Å². The van der Waals surface area contributed by atoms with Crippen molar-refractivity contribution in [1.82, 2.24) is 19.7 Å². The summed E-state index contributed by atoms with van der Waals surface area (Å²) in [5, 5.41) is 1.05. The first kappa shape index (κ1) is 19.7. The van der Waals surface area contributed by atoms with Crippen LogP contribution in [0.4, 0.5) is 0 Å². The second-order valence-electron chi connectivity index (χ2n) is 8.84. The van der Waals surface area contributed by atoms with Crippen LogP contribution in [0.5, 0.6) is 0 Å². The number of piperazine rings is 1. The first-order valence-electron chi connectivity index (χ1n) is 11.3. The van der Waals surface area contributed by atoms with E-state index >= 15 is 0 Å². The van der Waals surface area contributed by atoms with Crippen molar-refractivity contribution < 1.29 is 4.79 Å². The van der Waals surface area contributed by atoms with Gasteiger partial charge in [-0.15, -0.1) is 11.3 Å². The number of aryl methyl sites for hydroxylation is 1. The van der Waals surface area contributed by atoms with Crippen LogP contribution in [0, 0.1) is 6.92 Å². The Kier molecular flexibility index (Phi) is 4.85. The Hall–Kier alpha value is -2.96. The van der Waals surface area contributed by atoms with Gasteiger partial charge in [-0.3, -0.25) is 14.6 Å². The number of amides is 1. The summed E-state index contributed by atoms with van der Waals surface area (Å²) in [5.41, 5.74) is 4.93. The van der Waals surface area contributed by atoms with Gasteiger partial charge >= 0.3 is 0 Å². The molecule has 2 fully saturated rings. The number of allylic oxidation sites excluding steroid dienone is 6. The highest BCUT2D eigenvalue weighted by Crippen LogP contribution is 2.30. The van der Waals surface area contributed by atoms with Crippen LogP contribution in [0.2, 0.25) is 0 Å². The van der Waals surface area contributed by atoms with Crippen molar-refractivity contribution in [2.45, 2.75) is 25.8 Å². The van der Waals surface area contributed by atoms with Crippen LogP contribution in [-0.2, 0) is 4.79 Å². The van der Waals surface area contributed by atoms with Gasteiger partial charge in [0.15, 0.2) is 0 Å². The van der Waals surface area contributed by atoms with E-state index in [1.54, 1.807) is 22.3 Å². The molecule has 0 N–H and O–H groups in total. The summed E-state index contributed by atoms with van der Waals surface area (Å²) in [4.78, 5) is 24.8. The summed E-state index contributed by atoms with van der Waals surface area (Å²) in [6, 6.07) is 6.90. The first-order chi connectivity index (χ1) is 15.6. The standard InChI is InChI=1S/C26H26N4OS/c1-18-27-24-14-20(7-10-25(24)32-18)19-4-2-5-21-8-9-23(17-30(21)26(31)15-19)29-13-12-28-11-3-6-22(28)16-29/h2,4-5,7-10,14-15,17,22H,3,6,11-13,16H2,1H3/b4-2+,19-15+,21-5+/t22-/m0/s1. The maximum atomic E-state index is 13.3. The molecular formula is C26H26N4OS. The van der Waals surface area contributed by atoms with E-state index in [1.807, 2.05) is 31.4 Å². The molecule has 0 aliphatic carbocycles. The van der Waals surface area contributed by atoms with Crippen molar-refractivity contribution in [2.75, 3.05) is 26.2 Å². The van der Waals surface area contributed by atoms with Crippen molar-refractivity contribution in [2.24, 2.45) is 0 Å². The SMILES string of the molecule is Cc1nc2cc(C3=C\C(=O)N4C=C(N5CCN6CCC[C@H]6C5)C=C\C4=C/C=C/3)ccc2s1. The van der Waals surface area contributed by atoms with Crippen LogP contribution in [0.15, 0.2) is 72.2 Å². The van der Waals surface area contributed by atoms with Crippen molar-refractivity contribution in [3.63, 3.8) is 0 Å². The molecule has 6 heteroatoms.